The summed E-state index contributed by atoms with van der Waals surface area (Å²) in [5, 5.41) is 3.42. The number of nitrogens with zero attached hydrogens (tertiary/aromatic N) is 2. The number of rotatable bonds is 3. The first-order valence-corrected chi connectivity index (χ1v) is 8.97. The Morgan fingerprint density at radius 2 is 1.96 bits per heavy atom. The van der Waals surface area contributed by atoms with Gasteiger partial charge in [-0.05, 0) is 54.8 Å². The molecule has 2 aromatic carbocycles. The number of fused-ring (bicyclic) bond motifs is 1. The van der Waals surface area contributed by atoms with Crippen molar-refractivity contribution < 1.29 is 4.79 Å². The van der Waals surface area contributed by atoms with Crippen LogP contribution in [0, 0.1) is 0 Å². The van der Waals surface area contributed by atoms with E-state index in [-0.39, 0.29) is 5.91 Å². The van der Waals surface area contributed by atoms with Crippen LogP contribution in [0.15, 0.2) is 66.9 Å². The lowest BCUT2D eigenvalue weighted by Gasteiger charge is -2.31. The number of benzene rings is 2. The van der Waals surface area contributed by atoms with Gasteiger partial charge in [-0.1, -0.05) is 35.9 Å². The number of para-hydroxylation sites is 1. The molecule has 1 N–H and O–H groups in total. The van der Waals surface area contributed by atoms with Crippen LogP contribution in [0.2, 0.25) is 5.02 Å². The maximum Gasteiger partial charge on any atom is 0.274 e. The van der Waals surface area contributed by atoms with Crippen LogP contribution in [0.1, 0.15) is 22.5 Å². The Labute approximate surface area is 157 Å². The van der Waals surface area contributed by atoms with Gasteiger partial charge in [0.15, 0.2) is 0 Å². The quantitative estimate of drug-likeness (QED) is 0.706. The number of carbonyl (C=O) groups excluding carboxylic acids is 1. The summed E-state index contributed by atoms with van der Waals surface area (Å²) in [4.78, 5) is 19.1. The zero-order valence-electron chi connectivity index (χ0n) is 14.2. The number of hydrogen-bond acceptors (Lipinski definition) is 3. The molecule has 0 aliphatic carbocycles. The van der Waals surface area contributed by atoms with Gasteiger partial charge < -0.3 is 10.2 Å². The second kappa shape index (κ2) is 7.18. The second-order valence-electron chi connectivity index (χ2n) is 6.25. The first-order chi connectivity index (χ1) is 12.7. The fraction of sp³-hybridized carbons (Fsp3) is 0.143. The van der Waals surface area contributed by atoms with Crippen molar-refractivity contribution in [2.24, 2.45) is 0 Å². The van der Waals surface area contributed by atoms with Crippen LogP contribution in [0.5, 0.6) is 0 Å². The molecule has 1 aliphatic heterocycles. The number of aryl methyl sites for hydroxylation is 1. The molecule has 0 fully saturated rings. The van der Waals surface area contributed by atoms with Crippen LogP contribution in [-0.2, 0) is 6.42 Å². The number of anilines is 3. The van der Waals surface area contributed by atoms with Crippen LogP contribution in [0.25, 0.3) is 0 Å². The minimum absolute atomic E-state index is 0.251. The van der Waals surface area contributed by atoms with Gasteiger partial charge in [-0.2, -0.15) is 0 Å². The minimum Gasteiger partial charge on any atom is -0.341 e. The maximum absolute atomic E-state index is 12.6. The molecular weight excluding hydrogens is 346 g/mol. The molecule has 0 atom stereocenters. The zero-order chi connectivity index (χ0) is 17.9. The predicted octanol–water partition coefficient (Wildman–Crippen LogP) is 5.07. The zero-order valence-corrected chi connectivity index (χ0v) is 14.9. The van der Waals surface area contributed by atoms with Crippen LogP contribution >= 0.6 is 11.6 Å². The van der Waals surface area contributed by atoms with E-state index in [1.807, 2.05) is 18.2 Å². The van der Waals surface area contributed by atoms with Gasteiger partial charge in [0.1, 0.15) is 5.69 Å². The summed E-state index contributed by atoms with van der Waals surface area (Å²) in [7, 11) is 0. The lowest BCUT2D eigenvalue weighted by molar-refractivity contribution is 0.102. The third-order valence-electron chi connectivity index (χ3n) is 4.48. The summed E-state index contributed by atoms with van der Waals surface area (Å²) < 4.78 is 0. The molecular formula is C21H18ClN3O. The standard InChI is InChI=1S/C21H18ClN3O/c22-16-7-3-8-17(13-16)24-21(26)19-14-18(10-11-23-19)25-12-4-6-15-5-1-2-9-20(15)25/h1-3,5,7-11,13-14H,4,6,12H2,(H,24,26). The summed E-state index contributed by atoms with van der Waals surface area (Å²) in [5.74, 6) is -0.251. The number of carbonyl (C=O) groups is 1. The third kappa shape index (κ3) is 3.41. The largest absolute Gasteiger partial charge is 0.341 e. The highest BCUT2D eigenvalue weighted by molar-refractivity contribution is 6.30. The van der Waals surface area contributed by atoms with Gasteiger partial charge in [0.2, 0.25) is 0 Å². The van der Waals surface area contributed by atoms with E-state index in [9.17, 15) is 4.79 Å². The fourth-order valence-corrected chi connectivity index (χ4v) is 3.46. The van der Waals surface area contributed by atoms with Crippen LogP contribution in [0.3, 0.4) is 0 Å². The summed E-state index contributed by atoms with van der Waals surface area (Å²) >= 11 is 5.98. The molecule has 0 saturated heterocycles. The van der Waals surface area contributed by atoms with E-state index < -0.39 is 0 Å². The highest BCUT2D eigenvalue weighted by Gasteiger charge is 2.19. The van der Waals surface area contributed by atoms with Crippen molar-refractivity contribution in [3.63, 3.8) is 0 Å². The Morgan fingerprint density at radius 1 is 1.08 bits per heavy atom. The highest BCUT2D eigenvalue weighted by atomic mass is 35.5. The van der Waals surface area contributed by atoms with Crippen molar-refractivity contribution in [3.05, 3.63) is 83.1 Å². The monoisotopic (exact) mass is 363 g/mol. The number of nitrogens with one attached hydrogen (secondary N) is 1. The van der Waals surface area contributed by atoms with Gasteiger partial charge in [-0.15, -0.1) is 0 Å². The lowest BCUT2D eigenvalue weighted by Crippen LogP contribution is -2.25. The molecule has 26 heavy (non-hydrogen) atoms. The number of hydrogen-bond donors (Lipinski definition) is 1. The second-order valence-corrected chi connectivity index (χ2v) is 6.68. The maximum atomic E-state index is 12.6. The molecule has 1 aromatic heterocycles. The van der Waals surface area contributed by atoms with Crippen molar-refractivity contribution in [1.82, 2.24) is 4.98 Å². The van der Waals surface area contributed by atoms with Gasteiger partial charge >= 0.3 is 0 Å². The Balaban J connectivity index is 1.60. The number of pyridine rings is 1. The molecule has 2 heterocycles. The van der Waals surface area contributed by atoms with E-state index >= 15 is 0 Å². The van der Waals surface area contributed by atoms with Gasteiger partial charge in [0, 0.05) is 34.8 Å². The van der Waals surface area contributed by atoms with E-state index in [0.29, 0.717) is 16.4 Å². The summed E-state index contributed by atoms with van der Waals surface area (Å²) in [5.41, 5.74) is 4.54. The summed E-state index contributed by atoms with van der Waals surface area (Å²) in [6, 6.07) is 19.3. The van der Waals surface area contributed by atoms with Crippen LogP contribution in [-0.4, -0.2) is 17.4 Å². The average molecular weight is 364 g/mol. The molecule has 4 nitrogen and oxygen atoms in total. The van der Waals surface area contributed by atoms with Crippen molar-refractivity contribution in [3.8, 4) is 0 Å². The topological polar surface area (TPSA) is 45.2 Å². The first-order valence-electron chi connectivity index (χ1n) is 8.59. The van der Waals surface area contributed by atoms with E-state index in [1.54, 1.807) is 30.5 Å². The third-order valence-corrected chi connectivity index (χ3v) is 4.72. The summed E-state index contributed by atoms with van der Waals surface area (Å²) in [6.07, 6.45) is 3.85. The molecule has 0 bridgehead atoms. The van der Waals surface area contributed by atoms with Crippen molar-refractivity contribution in [2.75, 3.05) is 16.8 Å². The summed E-state index contributed by atoms with van der Waals surface area (Å²) in [6.45, 7) is 0.927. The first kappa shape index (κ1) is 16.6. The van der Waals surface area contributed by atoms with Gasteiger partial charge in [0.05, 0.1) is 0 Å². The minimum atomic E-state index is -0.251. The van der Waals surface area contributed by atoms with E-state index in [4.69, 9.17) is 11.6 Å². The Bertz CT molecular complexity index is 957. The highest BCUT2D eigenvalue weighted by Crippen LogP contribution is 2.33. The lowest BCUT2D eigenvalue weighted by atomic mass is 10.0. The molecule has 1 amide bonds. The van der Waals surface area contributed by atoms with Gasteiger partial charge in [-0.25, -0.2) is 0 Å². The van der Waals surface area contributed by atoms with Gasteiger partial charge in [0.25, 0.3) is 5.91 Å². The molecule has 5 heteroatoms. The smallest absolute Gasteiger partial charge is 0.274 e. The number of halogens is 1. The van der Waals surface area contributed by atoms with Crippen LogP contribution < -0.4 is 10.2 Å². The van der Waals surface area contributed by atoms with Gasteiger partial charge in [-0.3, -0.25) is 9.78 Å². The van der Waals surface area contributed by atoms with Crippen molar-refractivity contribution in [2.45, 2.75) is 12.8 Å². The normalized spacial score (nSPS) is 13.2. The molecule has 1 aliphatic rings. The van der Waals surface area contributed by atoms with E-state index in [0.717, 1.165) is 25.1 Å². The average Bonchev–Trinajstić information content (AvgIpc) is 2.67. The Morgan fingerprint density at radius 3 is 2.85 bits per heavy atom. The van der Waals surface area contributed by atoms with Crippen molar-refractivity contribution >= 4 is 34.6 Å². The molecule has 4 rings (SSSR count). The van der Waals surface area contributed by atoms with E-state index in [1.165, 1.54) is 11.3 Å². The molecule has 130 valence electrons. The molecule has 0 spiro atoms. The van der Waals surface area contributed by atoms with Crippen LogP contribution in [0.4, 0.5) is 17.1 Å². The Hall–Kier alpha value is -2.85. The number of amides is 1. The SMILES string of the molecule is O=C(Nc1cccc(Cl)c1)c1cc(N2CCCc3ccccc32)ccn1. The molecule has 0 unspecified atom stereocenters. The fourth-order valence-electron chi connectivity index (χ4n) is 3.27. The predicted molar refractivity (Wildman–Crippen MR) is 105 cm³/mol. The van der Waals surface area contributed by atoms with Crippen molar-refractivity contribution in [1.29, 1.82) is 0 Å². The molecule has 0 saturated carbocycles. The molecule has 0 radical (unpaired) electrons. The number of aromatic nitrogens is 1. The molecule has 3 aromatic rings. The Kier molecular flexibility index (Phi) is 4.59. The van der Waals surface area contributed by atoms with E-state index in [2.05, 4.69) is 33.4 Å².